The molecular formula is C26H20Cl3F2N5O2. The topological polar surface area (TPSA) is 88.1 Å². The Bertz CT molecular complexity index is 1620. The van der Waals surface area contributed by atoms with E-state index < -0.39 is 17.5 Å². The van der Waals surface area contributed by atoms with Gasteiger partial charge in [0, 0.05) is 30.9 Å². The van der Waals surface area contributed by atoms with Crippen LogP contribution in [-0.2, 0) is 18.4 Å². The lowest BCUT2D eigenvalue weighted by Crippen LogP contribution is -2.23. The standard InChI is InChI=1S/C26H20Cl3F2N5O2/c1-12(2)24(37)32-11-13-4-6-16(27)23(22(13)29)35-26-34-20-9-15(19(31)10-21(20)36(26)3)25(38)33-14-5-7-18(30)17(28)8-14/h4-10H,1,11H2,2-3H3,(H,32,37)(H,33,38)(H,34,35). The molecule has 0 spiro atoms. The zero-order valence-corrected chi connectivity index (χ0v) is 22.3. The molecule has 0 bridgehead atoms. The molecule has 0 aliphatic carbocycles. The molecule has 1 heterocycles. The van der Waals surface area contributed by atoms with Gasteiger partial charge in [0.1, 0.15) is 11.6 Å². The summed E-state index contributed by atoms with van der Waals surface area (Å²) in [6.45, 7) is 5.33. The zero-order chi connectivity index (χ0) is 27.7. The minimum absolute atomic E-state index is 0.141. The molecule has 196 valence electrons. The second-order valence-electron chi connectivity index (χ2n) is 8.38. The van der Waals surface area contributed by atoms with Gasteiger partial charge in [0.15, 0.2) is 0 Å². The molecule has 3 N–H and O–H groups in total. The van der Waals surface area contributed by atoms with E-state index in [0.717, 1.165) is 6.07 Å². The van der Waals surface area contributed by atoms with Gasteiger partial charge in [-0.1, -0.05) is 47.4 Å². The number of carbonyl (C=O) groups is 2. The van der Waals surface area contributed by atoms with Gasteiger partial charge in [0.2, 0.25) is 11.9 Å². The van der Waals surface area contributed by atoms with Crippen LogP contribution < -0.4 is 16.0 Å². The first-order valence-electron chi connectivity index (χ1n) is 11.1. The number of nitrogens with one attached hydrogen (secondary N) is 3. The molecule has 0 aliphatic rings. The number of amides is 2. The zero-order valence-electron chi connectivity index (χ0n) is 20.1. The van der Waals surface area contributed by atoms with Crippen molar-refractivity contribution in [1.82, 2.24) is 14.9 Å². The summed E-state index contributed by atoms with van der Waals surface area (Å²) in [5, 5.41) is 8.62. The number of hydrogen-bond donors (Lipinski definition) is 3. The average molecular weight is 579 g/mol. The molecule has 12 heteroatoms. The van der Waals surface area contributed by atoms with Crippen molar-refractivity contribution in [2.75, 3.05) is 10.6 Å². The van der Waals surface area contributed by atoms with Crippen molar-refractivity contribution >= 4 is 75.0 Å². The number of carbonyl (C=O) groups excluding carboxylic acids is 2. The van der Waals surface area contributed by atoms with Crippen LogP contribution in [0, 0.1) is 11.6 Å². The van der Waals surface area contributed by atoms with Crippen LogP contribution in [0.3, 0.4) is 0 Å². The lowest BCUT2D eigenvalue weighted by Gasteiger charge is -2.14. The first-order chi connectivity index (χ1) is 18.0. The first kappa shape index (κ1) is 27.4. The number of halogens is 5. The van der Waals surface area contributed by atoms with E-state index in [1.165, 1.54) is 24.3 Å². The second-order valence-corrected chi connectivity index (χ2v) is 9.57. The first-order valence-corrected chi connectivity index (χ1v) is 12.2. The predicted molar refractivity (Wildman–Crippen MR) is 146 cm³/mol. The Morgan fingerprint density at radius 2 is 1.76 bits per heavy atom. The van der Waals surface area contributed by atoms with Crippen LogP contribution in [0.5, 0.6) is 0 Å². The second kappa shape index (κ2) is 11.0. The number of fused-ring (bicyclic) bond motifs is 1. The third-order valence-electron chi connectivity index (χ3n) is 5.63. The maximum absolute atomic E-state index is 14.9. The van der Waals surface area contributed by atoms with Crippen LogP contribution >= 0.6 is 34.8 Å². The third-order valence-corrected chi connectivity index (χ3v) is 6.66. The summed E-state index contributed by atoms with van der Waals surface area (Å²) in [6, 6.07) is 9.38. The Kier molecular flexibility index (Phi) is 7.91. The lowest BCUT2D eigenvalue weighted by molar-refractivity contribution is -0.117. The summed E-state index contributed by atoms with van der Waals surface area (Å²) in [5.74, 6) is -2.24. The fraction of sp³-hybridized carbons (Fsp3) is 0.115. The smallest absolute Gasteiger partial charge is 0.258 e. The Balaban J connectivity index is 1.63. The van der Waals surface area contributed by atoms with Crippen LogP contribution in [0.2, 0.25) is 15.1 Å². The van der Waals surface area contributed by atoms with E-state index in [1.807, 2.05) is 0 Å². The summed E-state index contributed by atoms with van der Waals surface area (Å²) in [4.78, 5) is 29.1. The number of aryl methyl sites for hydroxylation is 1. The molecule has 0 aliphatic heterocycles. The van der Waals surface area contributed by atoms with Crippen molar-refractivity contribution < 1.29 is 18.4 Å². The maximum atomic E-state index is 14.9. The van der Waals surface area contributed by atoms with Gasteiger partial charge in [-0.25, -0.2) is 13.8 Å². The number of aromatic nitrogens is 2. The van der Waals surface area contributed by atoms with Crippen molar-refractivity contribution in [3.05, 3.63) is 92.4 Å². The van der Waals surface area contributed by atoms with E-state index in [-0.39, 0.29) is 39.7 Å². The summed E-state index contributed by atoms with van der Waals surface area (Å²) in [5.41, 5.74) is 1.93. The molecule has 0 radical (unpaired) electrons. The molecular weight excluding hydrogens is 559 g/mol. The molecule has 0 unspecified atom stereocenters. The van der Waals surface area contributed by atoms with Crippen LogP contribution in [-0.4, -0.2) is 21.4 Å². The minimum atomic E-state index is -0.788. The van der Waals surface area contributed by atoms with Crippen LogP contribution in [0.25, 0.3) is 11.0 Å². The Morgan fingerprint density at radius 3 is 2.45 bits per heavy atom. The van der Waals surface area contributed by atoms with Crippen molar-refractivity contribution in [1.29, 1.82) is 0 Å². The molecule has 2 amide bonds. The van der Waals surface area contributed by atoms with Crippen LogP contribution in [0.1, 0.15) is 22.8 Å². The molecule has 7 nitrogen and oxygen atoms in total. The highest BCUT2D eigenvalue weighted by Gasteiger charge is 2.19. The average Bonchev–Trinajstić information content (AvgIpc) is 3.16. The van der Waals surface area contributed by atoms with Crippen LogP contribution in [0.15, 0.2) is 54.6 Å². The number of benzene rings is 3. The molecule has 0 saturated heterocycles. The van der Waals surface area contributed by atoms with E-state index in [2.05, 4.69) is 27.5 Å². The molecule has 1 aromatic heterocycles. The molecule has 4 rings (SSSR count). The van der Waals surface area contributed by atoms with E-state index in [0.29, 0.717) is 32.9 Å². The normalized spacial score (nSPS) is 10.9. The number of imidazole rings is 1. The van der Waals surface area contributed by atoms with E-state index in [1.54, 1.807) is 30.7 Å². The minimum Gasteiger partial charge on any atom is -0.348 e. The maximum Gasteiger partial charge on any atom is 0.258 e. The largest absolute Gasteiger partial charge is 0.348 e. The number of nitrogens with zero attached hydrogens (tertiary/aromatic N) is 2. The Morgan fingerprint density at radius 1 is 1.03 bits per heavy atom. The summed E-state index contributed by atoms with van der Waals surface area (Å²) < 4.78 is 29.9. The number of anilines is 3. The molecule has 3 aromatic carbocycles. The van der Waals surface area contributed by atoms with E-state index in [4.69, 9.17) is 34.8 Å². The Hall–Kier alpha value is -3.66. The highest BCUT2D eigenvalue weighted by atomic mass is 35.5. The number of hydrogen-bond acceptors (Lipinski definition) is 4. The summed E-state index contributed by atoms with van der Waals surface area (Å²) >= 11 is 18.7. The molecule has 38 heavy (non-hydrogen) atoms. The van der Waals surface area contributed by atoms with E-state index >= 15 is 0 Å². The van der Waals surface area contributed by atoms with Gasteiger partial charge in [-0.3, -0.25) is 9.59 Å². The van der Waals surface area contributed by atoms with Gasteiger partial charge < -0.3 is 20.5 Å². The van der Waals surface area contributed by atoms with Gasteiger partial charge in [0.05, 0.1) is 37.4 Å². The van der Waals surface area contributed by atoms with Gasteiger partial charge in [-0.05, 0) is 42.8 Å². The van der Waals surface area contributed by atoms with Crippen molar-refractivity contribution in [3.8, 4) is 0 Å². The van der Waals surface area contributed by atoms with Gasteiger partial charge >= 0.3 is 0 Å². The van der Waals surface area contributed by atoms with E-state index in [9.17, 15) is 18.4 Å². The van der Waals surface area contributed by atoms with Crippen molar-refractivity contribution in [2.45, 2.75) is 13.5 Å². The fourth-order valence-electron chi connectivity index (χ4n) is 3.56. The lowest BCUT2D eigenvalue weighted by atomic mass is 10.1. The van der Waals surface area contributed by atoms with Crippen molar-refractivity contribution in [2.24, 2.45) is 7.05 Å². The number of rotatable bonds is 7. The molecule has 0 atom stereocenters. The van der Waals surface area contributed by atoms with Gasteiger partial charge in [-0.2, -0.15) is 0 Å². The molecule has 0 saturated carbocycles. The predicted octanol–water partition coefficient (Wildman–Crippen LogP) is 7.00. The SMILES string of the molecule is C=C(C)C(=O)NCc1ccc(Cl)c(Nc2nc3cc(C(=O)Nc4ccc(F)c(Cl)c4)c(F)cc3n2C)c1Cl. The quantitative estimate of drug-likeness (QED) is 0.206. The highest BCUT2D eigenvalue weighted by molar-refractivity contribution is 6.39. The van der Waals surface area contributed by atoms with Gasteiger partial charge in [0.25, 0.3) is 5.91 Å². The third kappa shape index (κ3) is 5.60. The highest BCUT2D eigenvalue weighted by Crippen LogP contribution is 2.36. The van der Waals surface area contributed by atoms with Crippen LogP contribution in [0.4, 0.5) is 26.1 Å². The van der Waals surface area contributed by atoms with Crippen molar-refractivity contribution in [3.63, 3.8) is 0 Å². The summed E-state index contributed by atoms with van der Waals surface area (Å²) in [6.07, 6.45) is 0. The Labute approximate surface area is 231 Å². The molecule has 4 aromatic rings. The molecule has 0 fully saturated rings. The monoisotopic (exact) mass is 577 g/mol. The fourth-order valence-corrected chi connectivity index (χ4v) is 4.27. The summed E-state index contributed by atoms with van der Waals surface area (Å²) in [7, 11) is 1.65. The van der Waals surface area contributed by atoms with Gasteiger partial charge in [-0.15, -0.1) is 0 Å².